The molecule has 0 aliphatic heterocycles. The largest absolute Gasteiger partial charge is 0.492 e. The SMILES string of the molecule is CS(=O)(=O)c1cccc(OCCNCc2ccccn2)c1. The molecule has 6 heteroatoms. The Morgan fingerprint density at radius 1 is 1.19 bits per heavy atom. The average Bonchev–Trinajstić information content (AvgIpc) is 2.47. The van der Waals surface area contributed by atoms with Crippen LogP contribution in [0.5, 0.6) is 5.75 Å². The highest BCUT2D eigenvalue weighted by molar-refractivity contribution is 7.90. The van der Waals surface area contributed by atoms with Gasteiger partial charge >= 0.3 is 0 Å². The average molecular weight is 306 g/mol. The van der Waals surface area contributed by atoms with Crippen molar-refractivity contribution in [2.45, 2.75) is 11.4 Å². The molecule has 2 aromatic rings. The third kappa shape index (κ3) is 5.17. The van der Waals surface area contributed by atoms with Crippen LogP contribution in [0.15, 0.2) is 53.6 Å². The fourth-order valence-corrected chi connectivity index (χ4v) is 2.41. The fraction of sp³-hybridized carbons (Fsp3) is 0.267. The number of hydrogen-bond donors (Lipinski definition) is 1. The van der Waals surface area contributed by atoms with E-state index in [0.29, 0.717) is 25.4 Å². The molecule has 1 N–H and O–H groups in total. The summed E-state index contributed by atoms with van der Waals surface area (Å²) in [4.78, 5) is 4.47. The molecule has 0 spiro atoms. The standard InChI is InChI=1S/C15H18N2O3S/c1-21(18,19)15-7-4-6-14(11-15)20-10-9-16-12-13-5-2-3-8-17-13/h2-8,11,16H,9-10,12H2,1H3. The van der Waals surface area contributed by atoms with E-state index in [-0.39, 0.29) is 4.90 Å². The Kier molecular flexibility index (Phi) is 5.30. The first kappa shape index (κ1) is 15.5. The Hall–Kier alpha value is -1.92. The number of benzene rings is 1. The van der Waals surface area contributed by atoms with E-state index in [9.17, 15) is 8.42 Å². The van der Waals surface area contributed by atoms with E-state index in [0.717, 1.165) is 5.69 Å². The topological polar surface area (TPSA) is 68.3 Å². The summed E-state index contributed by atoms with van der Waals surface area (Å²) in [5.74, 6) is 0.553. The van der Waals surface area contributed by atoms with Crippen molar-refractivity contribution in [2.75, 3.05) is 19.4 Å². The molecule has 1 aromatic carbocycles. The molecule has 2 rings (SSSR count). The second kappa shape index (κ2) is 7.19. The van der Waals surface area contributed by atoms with Gasteiger partial charge in [-0.05, 0) is 30.3 Å². The summed E-state index contributed by atoms with van der Waals surface area (Å²) in [5.41, 5.74) is 0.969. The first-order valence-corrected chi connectivity index (χ1v) is 8.48. The molecule has 0 aliphatic carbocycles. The van der Waals surface area contributed by atoms with Crippen LogP contribution in [0.3, 0.4) is 0 Å². The van der Waals surface area contributed by atoms with Crippen molar-refractivity contribution >= 4 is 9.84 Å². The second-order valence-electron chi connectivity index (χ2n) is 4.59. The molecule has 0 radical (unpaired) electrons. The second-order valence-corrected chi connectivity index (χ2v) is 6.61. The van der Waals surface area contributed by atoms with Crippen LogP contribution in [0, 0.1) is 0 Å². The van der Waals surface area contributed by atoms with Gasteiger partial charge in [0.1, 0.15) is 12.4 Å². The Bertz CT molecular complexity index is 672. The molecule has 0 aliphatic rings. The van der Waals surface area contributed by atoms with Crippen molar-refractivity contribution in [2.24, 2.45) is 0 Å². The molecule has 0 saturated carbocycles. The van der Waals surface area contributed by atoms with Gasteiger partial charge in [-0.2, -0.15) is 0 Å². The number of nitrogens with zero attached hydrogens (tertiary/aromatic N) is 1. The van der Waals surface area contributed by atoms with Gasteiger partial charge in [-0.3, -0.25) is 4.98 Å². The predicted molar refractivity (Wildman–Crippen MR) is 81.0 cm³/mol. The van der Waals surface area contributed by atoms with Crippen molar-refractivity contribution in [3.63, 3.8) is 0 Å². The van der Waals surface area contributed by atoms with Gasteiger partial charge in [0.25, 0.3) is 0 Å². The van der Waals surface area contributed by atoms with Crippen LogP contribution in [-0.2, 0) is 16.4 Å². The molecule has 5 nitrogen and oxygen atoms in total. The minimum Gasteiger partial charge on any atom is -0.492 e. The minimum atomic E-state index is -3.20. The van der Waals surface area contributed by atoms with Crippen LogP contribution in [-0.4, -0.2) is 32.8 Å². The van der Waals surface area contributed by atoms with Crippen LogP contribution in [0.25, 0.3) is 0 Å². The van der Waals surface area contributed by atoms with Gasteiger partial charge in [0.2, 0.25) is 0 Å². The van der Waals surface area contributed by atoms with E-state index in [4.69, 9.17) is 4.74 Å². The van der Waals surface area contributed by atoms with Crippen molar-refractivity contribution < 1.29 is 13.2 Å². The van der Waals surface area contributed by atoms with Crippen molar-refractivity contribution in [1.29, 1.82) is 0 Å². The van der Waals surface area contributed by atoms with Crippen molar-refractivity contribution in [1.82, 2.24) is 10.3 Å². The van der Waals surface area contributed by atoms with Gasteiger partial charge in [-0.1, -0.05) is 12.1 Å². The van der Waals surface area contributed by atoms with Crippen molar-refractivity contribution in [3.05, 3.63) is 54.4 Å². The summed E-state index contributed by atoms with van der Waals surface area (Å²) in [5, 5.41) is 3.21. The number of ether oxygens (including phenoxy) is 1. The molecule has 0 amide bonds. The van der Waals surface area contributed by atoms with Gasteiger partial charge in [-0.15, -0.1) is 0 Å². The van der Waals surface area contributed by atoms with Crippen LogP contribution in [0.1, 0.15) is 5.69 Å². The summed E-state index contributed by atoms with van der Waals surface area (Å²) in [6.07, 6.45) is 2.94. The van der Waals surface area contributed by atoms with Gasteiger partial charge < -0.3 is 10.1 Å². The normalized spacial score (nSPS) is 11.3. The van der Waals surface area contributed by atoms with Crippen LogP contribution in [0.4, 0.5) is 0 Å². The van der Waals surface area contributed by atoms with Gasteiger partial charge in [-0.25, -0.2) is 8.42 Å². The Morgan fingerprint density at radius 3 is 2.76 bits per heavy atom. The van der Waals surface area contributed by atoms with Gasteiger partial charge in [0.05, 0.1) is 10.6 Å². The van der Waals surface area contributed by atoms with E-state index < -0.39 is 9.84 Å². The molecular formula is C15H18N2O3S. The lowest BCUT2D eigenvalue weighted by Gasteiger charge is -2.08. The molecule has 0 bridgehead atoms. The van der Waals surface area contributed by atoms with Crippen LogP contribution in [0.2, 0.25) is 0 Å². The van der Waals surface area contributed by atoms with Crippen LogP contribution < -0.4 is 10.1 Å². The first-order chi connectivity index (χ1) is 10.1. The van der Waals surface area contributed by atoms with E-state index in [1.165, 1.54) is 12.3 Å². The number of sulfone groups is 1. The van der Waals surface area contributed by atoms with E-state index in [2.05, 4.69) is 10.3 Å². The number of rotatable bonds is 7. The Balaban J connectivity index is 1.76. The molecule has 1 aromatic heterocycles. The first-order valence-electron chi connectivity index (χ1n) is 6.59. The summed E-state index contributed by atoms with van der Waals surface area (Å²) < 4.78 is 28.4. The number of nitrogens with one attached hydrogen (secondary N) is 1. The van der Waals surface area contributed by atoms with E-state index in [1.54, 1.807) is 24.4 Å². The minimum absolute atomic E-state index is 0.265. The maximum absolute atomic E-state index is 11.4. The summed E-state index contributed by atoms with van der Waals surface area (Å²) in [6, 6.07) is 12.3. The third-order valence-corrected chi connectivity index (χ3v) is 3.92. The molecule has 0 atom stereocenters. The number of aromatic nitrogens is 1. The Morgan fingerprint density at radius 2 is 2.05 bits per heavy atom. The highest BCUT2D eigenvalue weighted by atomic mass is 32.2. The number of hydrogen-bond acceptors (Lipinski definition) is 5. The summed E-state index contributed by atoms with van der Waals surface area (Å²) in [6.45, 7) is 1.79. The lowest BCUT2D eigenvalue weighted by molar-refractivity contribution is 0.312. The lowest BCUT2D eigenvalue weighted by atomic mass is 10.3. The maximum atomic E-state index is 11.4. The quantitative estimate of drug-likeness (QED) is 0.788. The van der Waals surface area contributed by atoms with E-state index in [1.807, 2.05) is 18.2 Å². The molecule has 0 unspecified atom stereocenters. The molecule has 21 heavy (non-hydrogen) atoms. The zero-order valence-corrected chi connectivity index (χ0v) is 12.6. The lowest BCUT2D eigenvalue weighted by Crippen LogP contribution is -2.21. The summed E-state index contributed by atoms with van der Waals surface area (Å²) in [7, 11) is -3.20. The molecule has 0 fully saturated rings. The number of pyridine rings is 1. The fourth-order valence-electron chi connectivity index (χ4n) is 1.75. The highest BCUT2D eigenvalue weighted by Gasteiger charge is 2.07. The van der Waals surface area contributed by atoms with Crippen LogP contribution >= 0.6 is 0 Å². The summed E-state index contributed by atoms with van der Waals surface area (Å²) >= 11 is 0. The molecular weight excluding hydrogens is 288 g/mol. The monoisotopic (exact) mass is 306 g/mol. The zero-order chi connectivity index (χ0) is 15.1. The molecule has 1 heterocycles. The highest BCUT2D eigenvalue weighted by Crippen LogP contribution is 2.17. The smallest absolute Gasteiger partial charge is 0.175 e. The van der Waals surface area contributed by atoms with Gasteiger partial charge in [0, 0.05) is 25.5 Å². The Labute approximate surface area is 124 Å². The predicted octanol–water partition coefficient (Wildman–Crippen LogP) is 1.65. The van der Waals surface area contributed by atoms with Crippen molar-refractivity contribution in [3.8, 4) is 5.75 Å². The third-order valence-electron chi connectivity index (χ3n) is 2.81. The maximum Gasteiger partial charge on any atom is 0.175 e. The van der Waals surface area contributed by atoms with Gasteiger partial charge in [0.15, 0.2) is 9.84 Å². The van der Waals surface area contributed by atoms with E-state index >= 15 is 0 Å². The molecule has 0 saturated heterocycles. The zero-order valence-electron chi connectivity index (χ0n) is 11.8. The molecule has 112 valence electrons.